The highest BCUT2D eigenvalue weighted by molar-refractivity contribution is 6.31. The number of aliphatic hydroxyl groups excluding tert-OH is 1. The number of carbonyl (C=O) groups is 2. The highest BCUT2D eigenvalue weighted by atomic mass is 35.5. The van der Waals surface area contributed by atoms with Crippen LogP contribution < -0.4 is 10.1 Å². The van der Waals surface area contributed by atoms with Crippen molar-refractivity contribution in [2.45, 2.75) is 82.1 Å². The smallest absolute Gasteiger partial charge is 0.252 e. The summed E-state index contributed by atoms with van der Waals surface area (Å²) in [7, 11) is 0. The fourth-order valence-corrected chi connectivity index (χ4v) is 7.89. The number of halogens is 4. The molecule has 3 aromatic carbocycles. The van der Waals surface area contributed by atoms with E-state index in [1.165, 1.54) is 0 Å². The zero-order valence-corrected chi connectivity index (χ0v) is 28.5. The van der Waals surface area contributed by atoms with E-state index < -0.39 is 35.2 Å². The molecule has 50 heavy (non-hydrogen) atoms. The molecule has 2 amide bonds. The summed E-state index contributed by atoms with van der Waals surface area (Å²) in [5.41, 5.74) is 4.39. The van der Waals surface area contributed by atoms with Crippen molar-refractivity contribution >= 4 is 29.0 Å². The number of fused-ring (bicyclic) bond motifs is 2. The van der Waals surface area contributed by atoms with Gasteiger partial charge in [0, 0.05) is 42.3 Å². The van der Waals surface area contributed by atoms with Crippen molar-refractivity contribution in [2.75, 3.05) is 19.7 Å². The van der Waals surface area contributed by atoms with Gasteiger partial charge in [-0.25, -0.2) is 8.78 Å². The van der Waals surface area contributed by atoms with Crippen molar-refractivity contribution < 1.29 is 32.6 Å². The Morgan fingerprint density at radius 2 is 1.72 bits per heavy atom. The van der Waals surface area contributed by atoms with Gasteiger partial charge in [-0.1, -0.05) is 54.1 Å². The minimum Gasteiger partial charge on any atom is -0.488 e. The Morgan fingerprint density at radius 1 is 0.960 bits per heavy atom. The molecule has 2 aliphatic carbocycles. The van der Waals surface area contributed by atoms with Gasteiger partial charge in [-0.3, -0.25) is 9.59 Å². The first-order valence-corrected chi connectivity index (χ1v) is 17.9. The van der Waals surface area contributed by atoms with Crippen LogP contribution in [0.5, 0.6) is 5.75 Å². The first-order chi connectivity index (χ1) is 24.2. The molecule has 2 saturated carbocycles. The van der Waals surface area contributed by atoms with Gasteiger partial charge < -0.3 is 25.0 Å². The normalized spacial score (nSPS) is 23.3. The minimum atomic E-state index is -1.34. The van der Waals surface area contributed by atoms with Gasteiger partial charge in [0.05, 0.1) is 24.7 Å². The topological polar surface area (TPSA) is 82.1 Å². The van der Waals surface area contributed by atoms with E-state index in [0.29, 0.717) is 62.3 Å². The lowest BCUT2D eigenvalue weighted by atomic mass is 9.82. The number of nitrogens with one attached hydrogen (secondary N) is 1. The maximum atomic E-state index is 14.7. The largest absolute Gasteiger partial charge is 0.488 e. The molecule has 2 bridgehead atoms. The quantitative estimate of drug-likeness (QED) is 0.177. The Hall–Kier alpha value is -3.86. The van der Waals surface area contributed by atoms with E-state index in [-0.39, 0.29) is 36.5 Å². The molecule has 264 valence electrons. The molecule has 0 unspecified atom stereocenters. The first-order valence-electron chi connectivity index (χ1n) is 17.5. The number of amides is 2. The van der Waals surface area contributed by atoms with Crippen molar-refractivity contribution in [3.63, 3.8) is 0 Å². The molecule has 0 spiro atoms. The Bertz CT molecular complexity index is 1780. The molecule has 7 rings (SSSR count). The fourth-order valence-electron chi connectivity index (χ4n) is 7.69. The van der Waals surface area contributed by atoms with E-state index in [9.17, 15) is 27.9 Å². The van der Waals surface area contributed by atoms with Crippen LogP contribution in [0.15, 0.2) is 66.2 Å². The van der Waals surface area contributed by atoms with E-state index in [1.807, 2.05) is 58.3 Å². The van der Waals surface area contributed by atoms with E-state index in [4.69, 9.17) is 16.3 Å². The predicted molar refractivity (Wildman–Crippen MR) is 184 cm³/mol. The van der Waals surface area contributed by atoms with Crippen LogP contribution in [-0.4, -0.2) is 70.6 Å². The van der Waals surface area contributed by atoms with Crippen LogP contribution in [0.25, 0.3) is 5.57 Å². The minimum absolute atomic E-state index is 0.00736. The number of piperazine rings is 1. The van der Waals surface area contributed by atoms with Crippen LogP contribution in [0.1, 0.15) is 61.6 Å². The lowest BCUT2D eigenvalue weighted by Gasteiger charge is -2.45. The standard InChI is InChI=1S/C39H41ClF3N3O4/c40-30-8-2-1-6-25(30)20-46(27-14-15-27)39(49)35-29(19-26-21-45(22-33(35)44-26)38(48)28-7-3-9-34(28)47)24-12-10-23(11-13-24)5-4-18-50-37-32(42)17-16-31(41)36(37)43/h1-2,6,8,10-13,16-17,26-28,33-34,44,47H,3-5,7,9,14-15,18-22H2/t26-,28+,33-,34-/m1/s1. The van der Waals surface area contributed by atoms with E-state index >= 15 is 0 Å². The second-order valence-electron chi connectivity index (χ2n) is 13.9. The van der Waals surface area contributed by atoms with Crippen molar-refractivity contribution in [1.29, 1.82) is 0 Å². The van der Waals surface area contributed by atoms with Crippen molar-refractivity contribution in [3.05, 3.63) is 105 Å². The molecule has 4 aliphatic rings. The van der Waals surface area contributed by atoms with E-state index in [0.717, 1.165) is 53.7 Å². The van der Waals surface area contributed by atoms with Gasteiger partial charge >= 0.3 is 0 Å². The Balaban J connectivity index is 1.13. The van der Waals surface area contributed by atoms with Gasteiger partial charge in [0.1, 0.15) is 0 Å². The monoisotopic (exact) mass is 707 g/mol. The summed E-state index contributed by atoms with van der Waals surface area (Å²) in [5.74, 6) is -4.66. The number of ether oxygens (including phenoxy) is 1. The molecule has 4 atom stereocenters. The molecule has 7 nitrogen and oxygen atoms in total. The Labute approximate surface area is 295 Å². The van der Waals surface area contributed by atoms with Gasteiger partial charge in [0.2, 0.25) is 11.7 Å². The maximum absolute atomic E-state index is 14.7. The van der Waals surface area contributed by atoms with Crippen molar-refractivity contribution in [2.24, 2.45) is 5.92 Å². The fraction of sp³-hybridized carbons (Fsp3) is 0.436. The maximum Gasteiger partial charge on any atom is 0.252 e. The molecule has 3 fully saturated rings. The summed E-state index contributed by atoms with van der Waals surface area (Å²) in [6, 6.07) is 16.8. The average Bonchev–Trinajstić information content (AvgIpc) is 3.87. The highest BCUT2D eigenvalue weighted by Gasteiger charge is 2.45. The van der Waals surface area contributed by atoms with Gasteiger partial charge in [-0.15, -0.1) is 0 Å². The van der Waals surface area contributed by atoms with Crippen LogP contribution in [0.3, 0.4) is 0 Å². The van der Waals surface area contributed by atoms with E-state index in [2.05, 4.69) is 5.32 Å². The predicted octanol–water partition coefficient (Wildman–Crippen LogP) is 6.45. The van der Waals surface area contributed by atoms with Crippen LogP contribution in [0.4, 0.5) is 13.2 Å². The van der Waals surface area contributed by atoms with E-state index in [1.54, 1.807) is 0 Å². The molecule has 0 aromatic heterocycles. The summed E-state index contributed by atoms with van der Waals surface area (Å²) >= 11 is 6.55. The summed E-state index contributed by atoms with van der Waals surface area (Å²) in [6.45, 7) is 1.24. The zero-order valence-electron chi connectivity index (χ0n) is 27.7. The zero-order chi connectivity index (χ0) is 34.9. The molecule has 2 N–H and O–H groups in total. The highest BCUT2D eigenvalue weighted by Crippen LogP contribution is 2.39. The van der Waals surface area contributed by atoms with Gasteiger partial charge in [0.15, 0.2) is 17.4 Å². The summed E-state index contributed by atoms with van der Waals surface area (Å²) < 4.78 is 46.7. The van der Waals surface area contributed by atoms with Crippen LogP contribution in [0, 0.1) is 23.4 Å². The summed E-state index contributed by atoms with van der Waals surface area (Å²) in [6.07, 6.45) is 4.92. The van der Waals surface area contributed by atoms with Crippen LogP contribution in [0.2, 0.25) is 5.02 Å². The van der Waals surface area contributed by atoms with Crippen molar-refractivity contribution in [3.8, 4) is 5.75 Å². The third-order valence-corrected chi connectivity index (χ3v) is 10.8. The molecular weight excluding hydrogens is 667 g/mol. The third-order valence-electron chi connectivity index (χ3n) is 10.5. The lowest BCUT2D eigenvalue weighted by Crippen LogP contribution is -2.63. The second-order valence-corrected chi connectivity index (χ2v) is 14.3. The molecule has 2 aliphatic heterocycles. The third kappa shape index (κ3) is 7.29. The molecule has 11 heteroatoms. The lowest BCUT2D eigenvalue weighted by molar-refractivity contribution is -0.140. The summed E-state index contributed by atoms with van der Waals surface area (Å²) in [5, 5.41) is 14.8. The number of nitrogens with zero attached hydrogens (tertiary/aromatic N) is 2. The summed E-state index contributed by atoms with van der Waals surface area (Å²) in [4.78, 5) is 32.1. The number of benzene rings is 3. The number of hydrogen-bond donors (Lipinski definition) is 2. The van der Waals surface area contributed by atoms with Crippen LogP contribution >= 0.6 is 11.6 Å². The SMILES string of the molecule is O=C([C@H]1CCC[C@H]1O)N1C[C@H]2CC(c3ccc(CCCOc4c(F)ccc(F)c4F)cc3)=C(C(=O)N(Cc3ccccc3Cl)C3CC3)[C@@H](C1)N2. The molecule has 1 saturated heterocycles. The van der Waals surface area contributed by atoms with Gasteiger partial charge in [-0.2, -0.15) is 4.39 Å². The van der Waals surface area contributed by atoms with Crippen LogP contribution in [-0.2, 0) is 22.6 Å². The number of carbonyl (C=O) groups excluding carboxylic acids is 2. The number of aliphatic hydroxyl groups is 1. The molecular formula is C39H41ClF3N3O4. The number of hydrogen-bond acceptors (Lipinski definition) is 5. The van der Waals surface area contributed by atoms with Crippen molar-refractivity contribution in [1.82, 2.24) is 15.1 Å². The molecule has 2 heterocycles. The molecule has 0 radical (unpaired) electrons. The van der Waals surface area contributed by atoms with Gasteiger partial charge in [-0.05, 0) is 91.8 Å². The number of rotatable bonds is 11. The Morgan fingerprint density at radius 3 is 2.44 bits per heavy atom. The Kier molecular flexibility index (Phi) is 10.2. The molecule has 3 aromatic rings. The van der Waals surface area contributed by atoms with Gasteiger partial charge in [0.25, 0.3) is 5.91 Å². The average molecular weight is 708 g/mol. The first kappa shape index (κ1) is 34.6. The second kappa shape index (κ2) is 14.8. The number of aryl methyl sites for hydroxylation is 1.